The predicted molar refractivity (Wildman–Crippen MR) is 70.5 cm³/mol. The highest BCUT2D eigenvalue weighted by Gasteiger charge is 2.14. The maximum Gasteiger partial charge on any atom is 0.153 e. The summed E-state index contributed by atoms with van der Waals surface area (Å²) >= 11 is 0. The van der Waals surface area contributed by atoms with Crippen LogP contribution >= 0.6 is 0 Å². The van der Waals surface area contributed by atoms with Crippen LogP contribution in [-0.4, -0.2) is 21.1 Å². The standard InChI is InChI=1S/C14H17N3O/c1-3-13(4-2)17-9-12(10-18)14(16-17)11-6-5-7-15-8-11/h5-10,13H,3-4H2,1-2H3. The summed E-state index contributed by atoms with van der Waals surface area (Å²) in [5, 5.41) is 4.54. The fourth-order valence-electron chi connectivity index (χ4n) is 2.07. The molecule has 2 heterocycles. The molecule has 94 valence electrons. The molecule has 0 amide bonds. The highest BCUT2D eigenvalue weighted by atomic mass is 16.1. The van der Waals surface area contributed by atoms with Crippen LogP contribution in [0, 0.1) is 0 Å². The van der Waals surface area contributed by atoms with E-state index in [1.54, 1.807) is 12.4 Å². The Morgan fingerprint density at radius 1 is 1.39 bits per heavy atom. The van der Waals surface area contributed by atoms with Crippen molar-refractivity contribution in [1.82, 2.24) is 14.8 Å². The van der Waals surface area contributed by atoms with Gasteiger partial charge in [0.05, 0.1) is 11.6 Å². The lowest BCUT2D eigenvalue weighted by atomic mass is 10.1. The van der Waals surface area contributed by atoms with Gasteiger partial charge in [0.25, 0.3) is 0 Å². The van der Waals surface area contributed by atoms with Crippen molar-refractivity contribution in [3.63, 3.8) is 0 Å². The second-order valence-electron chi connectivity index (χ2n) is 4.24. The quantitative estimate of drug-likeness (QED) is 0.758. The molecule has 4 heteroatoms. The monoisotopic (exact) mass is 243 g/mol. The Balaban J connectivity index is 2.45. The van der Waals surface area contributed by atoms with Crippen LogP contribution < -0.4 is 0 Å². The molecule has 2 aromatic rings. The van der Waals surface area contributed by atoms with Crippen molar-refractivity contribution in [2.45, 2.75) is 32.7 Å². The lowest BCUT2D eigenvalue weighted by molar-refractivity contribution is 0.112. The van der Waals surface area contributed by atoms with Crippen LogP contribution in [-0.2, 0) is 0 Å². The van der Waals surface area contributed by atoms with E-state index >= 15 is 0 Å². The van der Waals surface area contributed by atoms with Gasteiger partial charge in [-0.15, -0.1) is 0 Å². The minimum atomic E-state index is 0.342. The Labute approximate surface area is 107 Å². The zero-order chi connectivity index (χ0) is 13.0. The summed E-state index contributed by atoms with van der Waals surface area (Å²) in [4.78, 5) is 15.2. The van der Waals surface area contributed by atoms with E-state index in [0.29, 0.717) is 17.3 Å². The molecule has 0 N–H and O–H groups in total. The smallest absolute Gasteiger partial charge is 0.153 e. The number of aldehydes is 1. The average molecular weight is 243 g/mol. The maximum atomic E-state index is 11.1. The van der Waals surface area contributed by atoms with E-state index in [2.05, 4.69) is 23.9 Å². The number of aromatic nitrogens is 3. The average Bonchev–Trinajstić information content (AvgIpc) is 2.85. The van der Waals surface area contributed by atoms with Crippen molar-refractivity contribution in [2.75, 3.05) is 0 Å². The summed E-state index contributed by atoms with van der Waals surface area (Å²) in [6.07, 6.45) is 8.13. The Bertz CT molecular complexity index is 515. The number of carbonyl (C=O) groups is 1. The van der Waals surface area contributed by atoms with Gasteiger partial charge in [0.2, 0.25) is 0 Å². The molecule has 0 bridgehead atoms. The van der Waals surface area contributed by atoms with Crippen molar-refractivity contribution >= 4 is 6.29 Å². The van der Waals surface area contributed by atoms with E-state index in [9.17, 15) is 4.79 Å². The van der Waals surface area contributed by atoms with E-state index < -0.39 is 0 Å². The van der Waals surface area contributed by atoms with Crippen LogP contribution in [0.1, 0.15) is 43.1 Å². The first kappa shape index (κ1) is 12.5. The normalized spacial score (nSPS) is 10.8. The van der Waals surface area contributed by atoms with E-state index in [4.69, 9.17) is 0 Å². The molecule has 2 aromatic heterocycles. The van der Waals surface area contributed by atoms with Gasteiger partial charge < -0.3 is 0 Å². The number of pyridine rings is 1. The Morgan fingerprint density at radius 3 is 2.72 bits per heavy atom. The molecule has 0 aliphatic rings. The molecule has 0 aliphatic heterocycles. The van der Waals surface area contributed by atoms with Gasteiger partial charge in [-0.1, -0.05) is 13.8 Å². The van der Waals surface area contributed by atoms with Crippen molar-refractivity contribution in [3.05, 3.63) is 36.3 Å². The lowest BCUT2D eigenvalue weighted by Gasteiger charge is -2.12. The highest BCUT2D eigenvalue weighted by Crippen LogP contribution is 2.23. The van der Waals surface area contributed by atoms with Gasteiger partial charge in [-0.2, -0.15) is 5.10 Å². The molecule has 0 aliphatic carbocycles. The van der Waals surface area contributed by atoms with Crippen LogP contribution in [0.4, 0.5) is 0 Å². The number of hydrogen-bond donors (Lipinski definition) is 0. The van der Waals surface area contributed by atoms with Crippen LogP contribution in [0.2, 0.25) is 0 Å². The zero-order valence-corrected chi connectivity index (χ0v) is 10.7. The molecule has 18 heavy (non-hydrogen) atoms. The van der Waals surface area contributed by atoms with Crippen LogP contribution in [0.25, 0.3) is 11.3 Å². The Kier molecular flexibility index (Phi) is 3.87. The summed E-state index contributed by atoms with van der Waals surface area (Å²) in [5.74, 6) is 0. The van der Waals surface area contributed by atoms with E-state index in [-0.39, 0.29) is 0 Å². The number of carbonyl (C=O) groups excluding carboxylic acids is 1. The molecule has 0 spiro atoms. The molecule has 0 atom stereocenters. The number of nitrogens with zero attached hydrogens (tertiary/aromatic N) is 3. The molecular weight excluding hydrogens is 226 g/mol. The molecule has 0 saturated heterocycles. The lowest BCUT2D eigenvalue weighted by Crippen LogP contribution is -2.07. The Hall–Kier alpha value is -1.97. The maximum absolute atomic E-state index is 11.1. The topological polar surface area (TPSA) is 47.8 Å². The van der Waals surface area contributed by atoms with Crippen molar-refractivity contribution in [1.29, 1.82) is 0 Å². The molecule has 0 radical (unpaired) electrons. The zero-order valence-electron chi connectivity index (χ0n) is 10.7. The van der Waals surface area contributed by atoms with Crippen molar-refractivity contribution < 1.29 is 4.79 Å². The SMILES string of the molecule is CCC(CC)n1cc(C=O)c(-c2cccnc2)n1. The summed E-state index contributed by atoms with van der Waals surface area (Å²) in [6, 6.07) is 4.11. The van der Waals surface area contributed by atoms with Crippen LogP contribution in [0.5, 0.6) is 0 Å². The molecule has 4 nitrogen and oxygen atoms in total. The van der Waals surface area contributed by atoms with Crippen LogP contribution in [0.3, 0.4) is 0 Å². The third-order valence-electron chi connectivity index (χ3n) is 3.14. The molecular formula is C14H17N3O. The van der Waals surface area contributed by atoms with Crippen LogP contribution in [0.15, 0.2) is 30.7 Å². The fraction of sp³-hybridized carbons (Fsp3) is 0.357. The summed E-state index contributed by atoms with van der Waals surface area (Å²) in [7, 11) is 0. The van der Waals surface area contributed by atoms with Gasteiger partial charge in [-0.3, -0.25) is 14.5 Å². The number of hydrogen-bond acceptors (Lipinski definition) is 3. The van der Waals surface area contributed by atoms with Gasteiger partial charge in [-0.25, -0.2) is 0 Å². The molecule has 0 unspecified atom stereocenters. The largest absolute Gasteiger partial charge is 0.298 e. The molecule has 0 aromatic carbocycles. The van der Waals surface area contributed by atoms with Gasteiger partial charge in [0.1, 0.15) is 5.69 Å². The Morgan fingerprint density at radius 2 is 2.17 bits per heavy atom. The minimum Gasteiger partial charge on any atom is -0.298 e. The van der Waals surface area contributed by atoms with E-state index in [0.717, 1.165) is 24.7 Å². The predicted octanol–water partition coefficient (Wildman–Crippen LogP) is 3.12. The van der Waals surface area contributed by atoms with Gasteiger partial charge in [0.15, 0.2) is 6.29 Å². The first-order valence-electron chi connectivity index (χ1n) is 6.24. The third-order valence-corrected chi connectivity index (χ3v) is 3.14. The van der Waals surface area contributed by atoms with Gasteiger partial charge >= 0.3 is 0 Å². The summed E-state index contributed by atoms with van der Waals surface area (Å²) in [5.41, 5.74) is 2.21. The van der Waals surface area contributed by atoms with Gasteiger partial charge in [0, 0.05) is 24.2 Å². The first-order chi connectivity index (χ1) is 8.80. The molecule has 0 saturated carbocycles. The van der Waals surface area contributed by atoms with Crippen molar-refractivity contribution in [3.8, 4) is 11.3 Å². The second kappa shape index (κ2) is 5.58. The molecule has 2 rings (SSSR count). The van der Waals surface area contributed by atoms with Crippen molar-refractivity contribution in [2.24, 2.45) is 0 Å². The van der Waals surface area contributed by atoms with E-state index in [1.165, 1.54) is 0 Å². The fourth-order valence-corrected chi connectivity index (χ4v) is 2.07. The number of rotatable bonds is 5. The minimum absolute atomic E-state index is 0.342. The summed E-state index contributed by atoms with van der Waals surface area (Å²) in [6.45, 7) is 4.25. The summed E-state index contributed by atoms with van der Waals surface area (Å²) < 4.78 is 1.89. The highest BCUT2D eigenvalue weighted by molar-refractivity contribution is 5.85. The second-order valence-corrected chi connectivity index (χ2v) is 4.24. The molecule has 0 fully saturated rings. The van der Waals surface area contributed by atoms with Gasteiger partial charge in [-0.05, 0) is 25.0 Å². The van der Waals surface area contributed by atoms with E-state index in [1.807, 2.05) is 23.0 Å². The first-order valence-corrected chi connectivity index (χ1v) is 6.24. The third kappa shape index (κ3) is 2.32.